The number of hydrogen-bond donors (Lipinski definition) is 0. The van der Waals surface area contributed by atoms with Gasteiger partial charge >= 0.3 is 17.9 Å². The molecule has 18 heavy (non-hydrogen) atoms. The van der Waals surface area contributed by atoms with E-state index in [0.29, 0.717) is 0 Å². The SMILES string of the molecule is C[C@@H]1CC(=O)O[C@H](C)CC(=O)O[C@H](C)CC(=O)O1. The molecule has 1 aliphatic rings. The Balaban J connectivity index is 2.69. The number of esters is 3. The maximum atomic E-state index is 11.4. The van der Waals surface area contributed by atoms with Crippen molar-refractivity contribution in [2.75, 3.05) is 0 Å². The highest BCUT2D eigenvalue weighted by atomic mass is 16.6. The van der Waals surface area contributed by atoms with E-state index in [-0.39, 0.29) is 19.3 Å². The van der Waals surface area contributed by atoms with E-state index in [2.05, 4.69) is 0 Å². The van der Waals surface area contributed by atoms with Crippen molar-refractivity contribution < 1.29 is 28.6 Å². The van der Waals surface area contributed by atoms with Crippen molar-refractivity contribution in [3.63, 3.8) is 0 Å². The molecule has 0 aliphatic carbocycles. The zero-order valence-electron chi connectivity index (χ0n) is 10.8. The van der Waals surface area contributed by atoms with E-state index in [1.807, 2.05) is 0 Å². The molecule has 3 atom stereocenters. The van der Waals surface area contributed by atoms with Crippen molar-refractivity contribution in [2.45, 2.75) is 58.3 Å². The van der Waals surface area contributed by atoms with Crippen LogP contribution in [0.15, 0.2) is 0 Å². The highest BCUT2D eigenvalue weighted by Gasteiger charge is 2.23. The fourth-order valence-electron chi connectivity index (χ4n) is 1.65. The second-order valence-corrected chi connectivity index (χ2v) is 4.51. The summed E-state index contributed by atoms with van der Waals surface area (Å²) in [6.07, 6.45) is -1.67. The van der Waals surface area contributed by atoms with Crippen molar-refractivity contribution in [2.24, 2.45) is 0 Å². The summed E-state index contributed by atoms with van der Waals surface area (Å²) < 4.78 is 15.0. The lowest BCUT2D eigenvalue weighted by Crippen LogP contribution is -2.29. The topological polar surface area (TPSA) is 78.9 Å². The quantitative estimate of drug-likeness (QED) is 0.476. The first kappa shape index (κ1) is 14.5. The molecule has 1 fully saturated rings. The number of rotatable bonds is 0. The molecule has 1 rings (SSSR count). The van der Waals surface area contributed by atoms with Crippen LogP contribution in [0.1, 0.15) is 40.0 Å². The lowest BCUT2D eigenvalue weighted by atomic mass is 10.2. The van der Waals surface area contributed by atoms with Gasteiger partial charge in [-0.3, -0.25) is 14.4 Å². The van der Waals surface area contributed by atoms with Gasteiger partial charge in [0, 0.05) is 0 Å². The van der Waals surface area contributed by atoms with Gasteiger partial charge in [-0.1, -0.05) is 0 Å². The average Bonchev–Trinajstić information content (AvgIpc) is 2.12. The third-order valence-corrected chi connectivity index (χ3v) is 2.36. The Morgan fingerprint density at radius 3 is 1.11 bits per heavy atom. The highest BCUT2D eigenvalue weighted by molar-refractivity contribution is 5.75. The van der Waals surface area contributed by atoms with E-state index in [4.69, 9.17) is 14.2 Å². The third kappa shape index (κ3) is 5.16. The largest absolute Gasteiger partial charge is 0.462 e. The third-order valence-electron chi connectivity index (χ3n) is 2.36. The molecular formula is C12H18O6. The minimum Gasteiger partial charge on any atom is -0.462 e. The molecule has 0 bridgehead atoms. The van der Waals surface area contributed by atoms with E-state index in [0.717, 1.165) is 0 Å². The van der Waals surface area contributed by atoms with Gasteiger partial charge in [0.1, 0.15) is 18.3 Å². The average molecular weight is 258 g/mol. The Morgan fingerprint density at radius 1 is 0.667 bits per heavy atom. The number of carbonyl (C=O) groups is 3. The molecule has 0 radical (unpaired) electrons. The molecule has 0 aromatic carbocycles. The van der Waals surface area contributed by atoms with Crippen LogP contribution in [0.2, 0.25) is 0 Å². The molecule has 0 aromatic rings. The van der Waals surface area contributed by atoms with Crippen molar-refractivity contribution in [3.8, 4) is 0 Å². The van der Waals surface area contributed by atoms with Crippen LogP contribution in [-0.2, 0) is 28.6 Å². The lowest BCUT2D eigenvalue weighted by molar-refractivity contribution is -0.165. The predicted octanol–water partition coefficient (Wildman–Crippen LogP) is 0.965. The van der Waals surface area contributed by atoms with Crippen molar-refractivity contribution in [3.05, 3.63) is 0 Å². The summed E-state index contributed by atoms with van der Waals surface area (Å²) >= 11 is 0. The normalized spacial score (nSPS) is 31.5. The molecule has 1 heterocycles. The van der Waals surface area contributed by atoms with Crippen LogP contribution in [0.25, 0.3) is 0 Å². The molecule has 0 unspecified atom stereocenters. The van der Waals surface area contributed by atoms with Crippen molar-refractivity contribution >= 4 is 17.9 Å². The molecule has 6 nitrogen and oxygen atoms in total. The summed E-state index contributed by atoms with van der Waals surface area (Å²) in [6.45, 7) is 4.85. The lowest BCUT2D eigenvalue weighted by Gasteiger charge is -2.20. The Bertz CT molecular complexity index is 261. The maximum Gasteiger partial charge on any atom is 0.309 e. The minimum atomic E-state index is -0.542. The fourth-order valence-corrected chi connectivity index (χ4v) is 1.65. The zero-order chi connectivity index (χ0) is 13.7. The van der Waals surface area contributed by atoms with Gasteiger partial charge in [0.15, 0.2) is 0 Å². The van der Waals surface area contributed by atoms with Gasteiger partial charge in [0.2, 0.25) is 0 Å². The molecular weight excluding hydrogens is 240 g/mol. The van der Waals surface area contributed by atoms with Gasteiger partial charge in [-0.25, -0.2) is 0 Å². The monoisotopic (exact) mass is 258 g/mol. The van der Waals surface area contributed by atoms with E-state index in [1.54, 1.807) is 20.8 Å². The Hall–Kier alpha value is -1.59. The summed E-state index contributed by atoms with van der Waals surface area (Å²) in [7, 11) is 0. The zero-order valence-corrected chi connectivity index (χ0v) is 10.8. The smallest absolute Gasteiger partial charge is 0.309 e. The van der Waals surface area contributed by atoms with E-state index < -0.39 is 36.2 Å². The second-order valence-electron chi connectivity index (χ2n) is 4.51. The number of carbonyl (C=O) groups excluding carboxylic acids is 3. The van der Waals surface area contributed by atoms with Crippen LogP contribution in [0.3, 0.4) is 0 Å². The van der Waals surface area contributed by atoms with Crippen LogP contribution >= 0.6 is 0 Å². The van der Waals surface area contributed by atoms with E-state index in [9.17, 15) is 14.4 Å². The summed E-state index contributed by atoms with van der Waals surface area (Å²) in [5, 5.41) is 0. The van der Waals surface area contributed by atoms with Gasteiger partial charge in [0.05, 0.1) is 19.3 Å². The van der Waals surface area contributed by atoms with Gasteiger partial charge < -0.3 is 14.2 Å². The van der Waals surface area contributed by atoms with Crippen LogP contribution < -0.4 is 0 Å². The van der Waals surface area contributed by atoms with Gasteiger partial charge in [-0.2, -0.15) is 0 Å². The van der Waals surface area contributed by atoms with Gasteiger partial charge in [0.25, 0.3) is 0 Å². The summed E-state index contributed by atoms with van der Waals surface area (Å²) in [5.41, 5.74) is 0. The highest BCUT2D eigenvalue weighted by Crippen LogP contribution is 2.11. The van der Waals surface area contributed by atoms with Crippen LogP contribution in [0.5, 0.6) is 0 Å². The van der Waals surface area contributed by atoms with Crippen molar-refractivity contribution in [1.29, 1.82) is 0 Å². The number of cyclic esters (lactones) is 3. The van der Waals surface area contributed by atoms with E-state index in [1.165, 1.54) is 0 Å². The molecule has 102 valence electrons. The summed E-state index contributed by atoms with van der Waals surface area (Å²) in [4.78, 5) is 34.3. The first-order valence-electron chi connectivity index (χ1n) is 5.95. The molecule has 0 N–H and O–H groups in total. The standard InChI is InChI=1S/C12H18O6/c1-7-4-10(13)17-9(3)6-12(15)18-8(2)5-11(14)16-7/h7-9H,4-6H2,1-3H3/t7-,8-,9-/m1/s1. The second kappa shape index (κ2) is 6.37. The molecule has 1 saturated heterocycles. The summed E-state index contributed by atoms with van der Waals surface area (Å²) in [6, 6.07) is 0. The van der Waals surface area contributed by atoms with Crippen molar-refractivity contribution in [1.82, 2.24) is 0 Å². The van der Waals surface area contributed by atoms with Crippen LogP contribution in [0, 0.1) is 0 Å². The molecule has 0 saturated carbocycles. The molecule has 0 amide bonds. The summed E-state index contributed by atoms with van der Waals surface area (Å²) in [5.74, 6) is -1.49. The van der Waals surface area contributed by atoms with E-state index >= 15 is 0 Å². The van der Waals surface area contributed by atoms with Crippen LogP contribution in [-0.4, -0.2) is 36.2 Å². The van der Waals surface area contributed by atoms with Gasteiger partial charge in [-0.15, -0.1) is 0 Å². The Kier molecular flexibility index (Phi) is 5.12. The predicted molar refractivity (Wildman–Crippen MR) is 60.5 cm³/mol. The first-order valence-corrected chi connectivity index (χ1v) is 5.95. The maximum absolute atomic E-state index is 11.4. The number of ether oxygens (including phenoxy) is 3. The molecule has 1 aliphatic heterocycles. The Morgan fingerprint density at radius 2 is 0.889 bits per heavy atom. The fraction of sp³-hybridized carbons (Fsp3) is 0.750. The molecule has 0 spiro atoms. The molecule has 0 aromatic heterocycles. The minimum absolute atomic E-state index is 0.0144. The first-order chi connectivity index (χ1) is 8.36. The molecule has 6 heteroatoms. The number of hydrogen-bond acceptors (Lipinski definition) is 6. The van der Waals surface area contributed by atoms with Crippen LogP contribution in [0.4, 0.5) is 0 Å². The Labute approximate surface area is 106 Å². The van der Waals surface area contributed by atoms with Gasteiger partial charge in [-0.05, 0) is 20.8 Å².